The summed E-state index contributed by atoms with van der Waals surface area (Å²) in [6.07, 6.45) is -2.34. The van der Waals surface area contributed by atoms with Crippen LogP contribution in [0.25, 0.3) is 5.78 Å². The molecule has 1 unspecified atom stereocenters. The van der Waals surface area contributed by atoms with Crippen molar-refractivity contribution < 1.29 is 32.3 Å². The number of hydrogen-bond donors (Lipinski definition) is 4. The Morgan fingerprint density at radius 1 is 1.18 bits per heavy atom. The van der Waals surface area contributed by atoms with Gasteiger partial charge in [-0.1, -0.05) is 34.6 Å². The largest absolute Gasteiger partial charge is 0.471 e. The fourth-order valence-corrected chi connectivity index (χ4v) is 5.45. The number of alkyl halides is 3. The van der Waals surface area contributed by atoms with Gasteiger partial charge in [0.25, 0.3) is 5.56 Å². The Balaban J connectivity index is 1.65. The van der Waals surface area contributed by atoms with Crippen LogP contribution >= 0.6 is 0 Å². The maximum absolute atomic E-state index is 13.6. The second-order valence-electron chi connectivity index (χ2n) is 11.7. The van der Waals surface area contributed by atoms with E-state index in [2.05, 4.69) is 15.3 Å². The van der Waals surface area contributed by atoms with Gasteiger partial charge in [0, 0.05) is 25.0 Å². The number of aromatic amines is 1. The van der Waals surface area contributed by atoms with Crippen LogP contribution in [0.3, 0.4) is 0 Å². The zero-order chi connectivity index (χ0) is 29.2. The van der Waals surface area contributed by atoms with Crippen LogP contribution in [-0.2, 0) is 19.2 Å². The minimum atomic E-state index is -5.21. The molecule has 1 aliphatic heterocycles. The number of aromatic nitrogens is 3. The molecule has 2 aliphatic rings. The highest BCUT2D eigenvalue weighted by Crippen LogP contribution is 2.65. The number of H-pyrrole nitrogens is 1. The molecule has 3 heterocycles. The molecule has 39 heavy (non-hydrogen) atoms. The summed E-state index contributed by atoms with van der Waals surface area (Å²) in [5, 5.41) is 4.26. The zero-order valence-electron chi connectivity index (χ0n) is 21.9. The van der Waals surface area contributed by atoms with Crippen LogP contribution in [0, 0.1) is 22.7 Å². The van der Waals surface area contributed by atoms with Crippen molar-refractivity contribution in [1.82, 2.24) is 29.9 Å². The first-order chi connectivity index (χ1) is 17.9. The number of rotatable bonds is 6. The number of hydrogen-bond acceptors (Lipinski definition) is 6. The van der Waals surface area contributed by atoms with Crippen molar-refractivity contribution in [2.75, 3.05) is 6.54 Å². The summed E-state index contributed by atoms with van der Waals surface area (Å²) in [4.78, 5) is 71.8. The third-order valence-electron chi connectivity index (χ3n) is 7.68. The van der Waals surface area contributed by atoms with Crippen LogP contribution in [0.5, 0.6) is 0 Å². The van der Waals surface area contributed by atoms with Crippen molar-refractivity contribution in [2.45, 2.75) is 58.9 Å². The lowest BCUT2D eigenvalue weighted by Crippen LogP contribution is -2.61. The Morgan fingerprint density at radius 2 is 1.82 bits per heavy atom. The van der Waals surface area contributed by atoms with Crippen molar-refractivity contribution in [3.63, 3.8) is 0 Å². The Morgan fingerprint density at radius 3 is 2.38 bits per heavy atom. The molecule has 15 heteroatoms. The molecule has 0 aromatic carbocycles. The van der Waals surface area contributed by atoms with Gasteiger partial charge in [-0.25, -0.2) is 4.98 Å². The Bertz CT molecular complexity index is 1410. The number of nitrogens with two attached hydrogens (primary N) is 1. The van der Waals surface area contributed by atoms with Gasteiger partial charge >= 0.3 is 12.1 Å². The standard InChI is InChI=1S/C24H30F3N7O5/c1-22(2,3)16(32-20(39)24(25,26)27)19(38)34-9-10-13(23(10,4)5)15(34)18(37)31-14(17(28)36)11-8-12(35)33-7-6-29-21(33)30-11/h6-8,10,13-16H,9H2,1-5H3,(H2,28,36)(H,29,30)(H,31,37)(H,32,39)/t10-,13-,14?,15-,16+/m0/s1. The van der Waals surface area contributed by atoms with E-state index in [4.69, 9.17) is 5.73 Å². The van der Waals surface area contributed by atoms with Gasteiger partial charge in [-0.15, -0.1) is 0 Å². The third kappa shape index (κ3) is 4.96. The van der Waals surface area contributed by atoms with E-state index >= 15 is 0 Å². The molecule has 12 nitrogen and oxygen atoms in total. The number of amides is 4. The highest BCUT2D eigenvalue weighted by molar-refractivity contribution is 5.96. The molecule has 2 aromatic heterocycles. The SMILES string of the molecule is CC(C)(C)[C@H](NC(=O)C(F)(F)F)C(=O)N1C[C@H]2[C@@H]([C@H]1C(=O)NC(C(N)=O)c1cc(=O)n3cc[nH]c3n1)C2(C)C. The van der Waals surface area contributed by atoms with Crippen molar-refractivity contribution in [2.24, 2.45) is 28.4 Å². The maximum atomic E-state index is 13.6. The smallest absolute Gasteiger partial charge is 0.368 e. The lowest BCUT2D eigenvalue weighted by Gasteiger charge is -2.38. The molecular weight excluding hydrogens is 523 g/mol. The van der Waals surface area contributed by atoms with Crippen molar-refractivity contribution in [1.29, 1.82) is 0 Å². The lowest BCUT2D eigenvalue weighted by atomic mass is 9.85. The van der Waals surface area contributed by atoms with Crippen molar-refractivity contribution in [3.05, 3.63) is 34.5 Å². The molecular formula is C24H30F3N7O5. The molecule has 5 N–H and O–H groups in total. The second-order valence-corrected chi connectivity index (χ2v) is 11.7. The topological polar surface area (TPSA) is 172 Å². The fraction of sp³-hybridized carbons (Fsp3) is 0.583. The molecule has 2 fully saturated rings. The minimum absolute atomic E-state index is 0.0678. The number of nitrogens with one attached hydrogen (secondary N) is 3. The molecule has 4 amide bonds. The van der Waals surface area contributed by atoms with Crippen LogP contribution in [0.4, 0.5) is 13.2 Å². The second kappa shape index (κ2) is 9.09. The normalized spacial score (nSPS) is 23.6. The molecule has 0 bridgehead atoms. The van der Waals surface area contributed by atoms with E-state index in [0.717, 1.165) is 11.0 Å². The molecule has 0 radical (unpaired) electrons. The fourth-order valence-electron chi connectivity index (χ4n) is 5.45. The number of primary amides is 1. The maximum Gasteiger partial charge on any atom is 0.471 e. The summed E-state index contributed by atoms with van der Waals surface area (Å²) >= 11 is 0. The lowest BCUT2D eigenvalue weighted by molar-refractivity contribution is -0.176. The summed E-state index contributed by atoms with van der Waals surface area (Å²) in [6.45, 7) is 8.33. The molecule has 212 valence electrons. The number of imidazole rings is 1. The summed E-state index contributed by atoms with van der Waals surface area (Å²) in [5.41, 5.74) is 3.37. The first-order valence-corrected chi connectivity index (χ1v) is 12.2. The molecule has 1 aliphatic carbocycles. The summed E-state index contributed by atoms with van der Waals surface area (Å²) in [5.74, 6) is -5.32. The van der Waals surface area contributed by atoms with Crippen LogP contribution in [0.2, 0.25) is 0 Å². The minimum Gasteiger partial charge on any atom is -0.368 e. The van der Waals surface area contributed by atoms with E-state index in [0.29, 0.717) is 0 Å². The van der Waals surface area contributed by atoms with E-state index < -0.39 is 58.9 Å². The number of nitrogens with zero attached hydrogens (tertiary/aromatic N) is 3. The van der Waals surface area contributed by atoms with Crippen LogP contribution < -0.4 is 21.9 Å². The average Bonchev–Trinajstić information content (AvgIpc) is 3.22. The Kier molecular flexibility index (Phi) is 6.55. The molecule has 0 spiro atoms. The number of fused-ring (bicyclic) bond motifs is 2. The van der Waals surface area contributed by atoms with Gasteiger partial charge in [0.1, 0.15) is 12.1 Å². The van der Waals surface area contributed by atoms with E-state index in [1.54, 1.807) is 5.32 Å². The first-order valence-electron chi connectivity index (χ1n) is 12.2. The summed E-state index contributed by atoms with van der Waals surface area (Å²) < 4.78 is 40.2. The summed E-state index contributed by atoms with van der Waals surface area (Å²) in [6, 6.07) is -3.24. The van der Waals surface area contributed by atoms with E-state index in [9.17, 15) is 37.1 Å². The predicted octanol–water partition coefficient (Wildman–Crippen LogP) is 0.241. The highest BCUT2D eigenvalue weighted by atomic mass is 19.4. The van der Waals surface area contributed by atoms with E-state index in [1.165, 1.54) is 37.6 Å². The first kappa shape index (κ1) is 28.1. The number of carbonyl (C=O) groups excluding carboxylic acids is 4. The van der Waals surface area contributed by atoms with E-state index in [-0.39, 0.29) is 35.3 Å². The molecule has 1 saturated carbocycles. The monoisotopic (exact) mass is 553 g/mol. The molecule has 2 aromatic rings. The van der Waals surface area contributed by atoms with Gasteiger partial charge in [0.05, 0.1) is 5.69 Å². The Hall–Kier alpha value is -3.91. The summed E-state index contributed by atoms with van der Waals surface area (Å²) in [7, 11) is 0. The molecule has 1 saturated heterocycles. The molecule has 4 rings (SSSR count). The number of likely N-dealkylation sites (tertiary alicyclic amines) is 1. The van der Waals surface area contributed by atoms with Gasteiger partial charge in [0.15, 0.2) is 6.04 Å². The highest BCUT2D eigenvalue weighted by Gasteiger charge is 2.70. The van der Waals surface area contributed by atoms with Crippen LogP contribution in [0.15, 0.2) is 23.3 Å². The number of halogens is 3. The predicted molar refractivity (Wildman–Crippen MR) is 130 cm³/mol. The third-order valence-corrected chi connectivity index (χ3v) is 7.68. The van der Waals surface area contributed by atoms with Gasteiger partial charge in [-0.05, 0) is 22.7 Å². The average molecular weight is 554 g/mol. The van der Waals surface area contributed by atoms with Crippen LogP contribution in [-0.4, -0.2) is 67.7 Å². The molecule has 5 atom stereocenters. The van der Waals surface area contributed by atoms with Crippen LogP contribution in [0.1, 0.15) is 46.4 Å². The van der Waals surface area contributed by atoms with E-state index in [1.807, 2.05) is 13.8 Å². The van der Waals surface area contributed by atoms with Crippen molar-refractivity contribution in [3.8, 4) is 0 Å². The van der Waals surface area contributed by atoms with Gasteiger partial charge in [-0.2, -0.15) is 13.2 Å². The number of piperidine rings is 1. The van der Waals surface area contributed by atoms with Gasteiger partial charge in [0.2, 0.25) is 23.5 Å². The van der Waals surface area contributed by atoms with Gasteiger partial charge in [-0.3, -0.25) is 28.4 Å². The Labute approximate surface area is 220 Å². The zero-order valence-corrected chi connectivity index (χ0v) is 21.9. The van der Waals surface area contributed by atoms with Gasteiger partial charge < -0.3 is 26.3 Å². The number of carbonyl (C=O) groups is 4. The van der Waals surface area contributed by atoms with Crippen molar-refractivity contribution >= 4 is 29.4 Å². The quantitative estimate of drug-likeness (QED) is 0.399.